The molecule has 0 aliphatic carbocycles. The van der Waals surface area contributed by atoms with Gasteiger partial charge in [-0.2, -0.15) is 0 Å². The van der Waals surface area contributed by atoms with E-state index in [1.165, 1.54) is 12.1 Å². The van der Waals surface area contributed by atoms with Gasteiger partial charge in [0.1, 0.15) is 0 Å². The Morgan fingerprint density at radius 3 is 2.65 bits per heavy atom. The number of hydrogen-bond donors (Lipinski definition) is 1. The third-order valence-corrected chi connectivity index (χ3v) is 2.94. The quantitative estimate of drug-likeness (QED) is 0.630. The van der Waals surface area contributed by atoms with Crippen LogP contribution in [0.15, 0.2) is 24.3 Å². The van der Waals surface area contributed by atoms with Crippen molar-refractivity contribution < 1.29 is 14.8 Å². The maximum absolute atomic E-state index is 11.0. The molecule has 17 heavy (non-hydrogen) atoms. The van der Waals surface area contributed by atoms with Gasteiger partial charge in [-0.25, -0.2) is 0 Å². The molecule has 92 valence electrons. The summed E-state index contributed by atoms with van der Waals surface area (Å²) in [6, 6.07) is 6.18. The Kier molecular flexibility index (Phi) is 4.20. The topological polar surface area (TPSA) is 80.4 Å². The number of aliphatic carboxylic acids is 1. The van der Waals surface area contributed by atoms with E-state index in [0.717, 1.165) is 0 Å². The van der Waals surface area contributed by atoms with Crippen molar-refractivity contribution in [2.45, 2.75) is 26.2 Å². The number of nitrogens with zero attached hydrogens (tertiary/aromatic N) is 1. The molecule has 5 nitrogen and oxygen atoms in total. The first kappa shape index (κ1) is 13.2. The van der Waals surface area contributed by atoms with Crippen LogP contribution in [0.3, 0.4) is 0 Å². The minimum absolute atomic E-state index is 0.00135. The van der Waals surface area contributed by atoms with Gasteiger partial charge in [-0.1, -0.05) is 26.0 Å². The number of carbonyl (C=O) groups is 1. The summed E-state index contributed by atoms with van der Waals surface area (Å²) in [6.07, 6.45) is 0.634. The summed E-state index contributed by atoms with van der Waals surface area (Å²) in [5, 5.41) is 19.6. The summed E-state index contributed by atoms with van der Waals surface area (Å²) >= 11 is 0. The van der Waals surface area contributed by atoms with E-state index < -0.39 is 16.8 Å². The lowest BCUT2D eigenvalue weighted by Gasteiger charge is -2.19. The summed E-state index contributed by atoms with van der Waals surface area (Å²) in [4.78, 5) is 21.1. The Balaban J connectivity index is 3.08. The molecule has 1 rings (SSSR count). The Morgan fingerprint density at radius 1 is 1.53 bits per heavy atom. The van der Waals surface area contributed by atoms with Crippen LogP contribution in [0.4, 0.5) is 5.69 Å². The number of nitro groups is 1. The summed E-state index contributed by atoms with van der Waals surface area (Å²) in [7, 11) is 0. The fourth-order valence-corrected chi connectivity index (χ4v) is 1.92. The van der Waals surface area contributed by atoms with E-state index in [2.05, 4.69) is 0 Å². The second kappa shape index (κ2) is 5.43. The van der Waals surface area contributed by atoms with E-state index in [1.807, 2.05) is 6.92 Å². The lowest BCUT2D eigenvalue weighted by molar-refractivity contribution is -0.384. The first-order chi connectivity index (χ1) is 7.97. The Bertz CT molecular complexity index is 430. The molecule has 0 saturated carbocycles. The molecule has 2 atom stereocenters. The van der Waals surface area contributed by atoms with E-state index in [4.69, 9.17) is 5.11 Å². The normalized spacial score (nSPS) is 14.0. The first-order valence-corrected chi connectivity index (χ1v) is 5.44. The van der Waals surface area contributed by atoms with Crippen molar-refractivity contribution >= 4 is 11.7 Å². The van der Waals surface area contributed by atoms with E-state index >= 15 is 0 Å². The van der Waals surface area contributed by atoms with Gasteiger partial charge in [0, 0.05) is 12.1 Å². The second-order valence-corrected chi connectivity index (χ2v) is 3.99. The van der Waals surface area contributed by atoms with E-state index in [9.17, 15) is 14.9 Å². The highest BCUT2D eigenvalue weighted by Crippen LogP contribution is 2.30. The van der Waals surface area contributed by atoms with Crippen molar-refractivity contribution in [2.75, 3.05) is 0 Å². The fourth-order valence-electron chi connectivity index (χ4n) is 1.92. The average molecular weight is 237 g/mol. The molecule has 1 aromatic carbocycles. The van der Waals surface area contributed by atoms with Crippen LogP contribution in [0, 0.1) is 16.0 Å². The van der Waals surface area contributed by atoms with Crippen molar-refractivity contribution in [1.82, 2.24) is 0 Å². The number of non-ortho nitro benzene ring substituents is 1. The van der Waals surface area contributed by atoms with Gasteiger partial charge in [0.15, 0.2) is 0 Å². The molecule has 0 unspecified atom stereocenters. The molecule has 1 aromatic rings. The van der Waals surface area contributed by atoms with Gasteiger partial charge in [0.25, 0.3) is 5.69 Å². The number of carboxylic acid groups (broad SMARTS) is 1. The summed E-state index contributed by atoms with van der Waals surface area (Å²) in [5.41, 5.74) is 0.704. The standard InChI is InChI=1S/C12H15NO4/c1-3-11(8(2)12(14)15)9-5-4-6-10(7-9)13(16)17/h4-8,11H,3H2,1-2H3,(H,14,15)/t8-,11+/m1/s1. The van der Waals surface area contributed by atoms with Crippen LogP contribution >= 0.6 is 0 Å². The van der Waals surface area contributed by atoms with Gasteiger partial charge in [-0.15, -0.1) is 0 Å². The zero-order chi connectivity index (χ0) is 13.0. The van der Waals surface area contributed by atoms with Crippen LogP contribution < -0.4 is 0 Å². The van der Waals surface area contributed by atoms with Gasteiger partial charge in [0.05, 0.1) is 10.8 Å². The van der Waals surface area contributed by atoms with Crippen LogP contribution in [0.2, 0.25) is 0 Å². The molecule has 0 bridgehead atoms. The molecule has 0 aliphatic rings. The van der Waals surface area contributed by atoms with Crippen molar-refractivity contribution in [2.24, 2.45) is 5.92 Å². The van der Waals surface area contributed by atoms with Gasteiger partial charge in [0.2, 0.25) is 0 Å². The SMILES string of the molecule is CC[C@H](c1cccc([N+](=O)[O-])c1)[C@@H](C)C(=O)O. The lowest BCUT2D eigenvalue weighted by Crippen LogP contribution is -2.18. The van der Waals surface area contributed by atoms with Gasteiger partial charge in [-0.05, 0) is 17.9 Å². The molecule has 0 aromatic heterocycles. The molecule has 0 heterocycles. The van der Waals surface area contributed by atoms with E-state index in [-0.39, 0.29) is 11.6 Å². The lowest BCUT2D eigenvalue weighted by atomic mass is 9.85. The number of carboxylic acids is 1. The van der Waals surface area contributed by atoms with Crippen LogP contribution in [-0.2, 0) is 4.79 Å². The maximum Gasteiger partial charge on any atom is 0.306 e. The molecular weight excluding hydrogens is 222 g/mol. The second-order valence-electron chi connectivity index (χ2n) is 3.99. The number of hydrogen-bond acceptors (Lipinski definition) is 3. The number of benzene rings is 1. The fraction of sp³-hybridized carbons (Fsp3) is 0.417. The molecule has 0 amide bonds. The Morgan fingerprint density at radius 2 is 2.18 bits per heavy atom. The molecule has 0 saturated heterocycles. The van der Waals surface area contributed by atoms with Crippen molar-refractivity contribution in [3.63, 3.8) is 0 Å². The summed E-state index contributed by atoms with van der Waals surface area (Å²) in [5.74, 6) is -1.64. The monoisotopic (exact) mass is 237 g/mol. The third kappa shape index (κ3) is 3.03. The molecule has 0 fully saturated rings. The summed E-state index contributed by atoms with van der Waals surface area (Å²) in [6.45, 7) is 3.50. The van der Waals surface area contributed by atoms with Gasteiger partial charge < -0.3 is 5.11 Å². The zero-order valence-electron chi connectivity index (χ0n) is 9.79. The van der Waals surface area contributed by atoms with Crippen LogP contribution in [0.25, 0.3) is 0 Å². The van der Waals surface area contributed by atoms with Crippen molar-refractivity contribution in [1.29, 1.82) is 0 Å². The predicted molar refractivity (Wildman–Crippen MR) is 62.9 cm³/mol. The maximum atomic E-state index is 11.0. The predicted octanol–water partition coefficient (Wildman–Crippen LogP) is 2.81. The minimum Gasteiger partial charge on any atom is -0.481 e. The smallest absolute Gasteiger partial charge is 0.306 e. The largest absolute Gasteiger partial charge is 0.481 e. The van der Waals surface area contributed by atoms with Gasteiger partial charge in [-0.3, -0.25) is 14.9 Å². The molecule has 0 aliphatic heterocycles. The van der Waals surface area contributed by atoms with Gasteiger partial charge >= 0.3 is 5.97 Å². The summed E-state index contributed by atoms with van der Waals surface area (Å²) < 4.78 is 0. The van der Waals surface area contributed by atoms with E-state index in [1.54, 1.807) is 19.1 Å². The average Bonchev–Trinajstić information content (AvgIpc) is 2.30. The Hall–Kier alpha value is -1.91. The molecule has 0 radical (unpaired) electrons. The first-order valence-electron chi connectivity index (χ1n) is 5.44. The molecule has 5 heteroatoms. The van der Waals surface area contributed by atoms with Crippen molar-refractivity contribution in [3.8, 4) is 0 Å². The Labute approximate surface area is 99.2 Å². The van der Waals surface area contributed by atoms with Crippen LogP contribution in [-0.4, -0.2) is 16.0 Å². The zero-order valence-corrected chi connectivity index (χ0v) is 9.79. The minimum atomic E-state index is -0.886. The highest BCUT2D eigenvalue weighted by atomic mass is 16.6. The highest BCUT2D eigenvalue weighted by Gasteiger charge is 2.24. The van der Waals surface area contributed by atoms with E-state index in [0.29, 0.717) is 12.0 Å². The van der Waals surface area contributed by atoms with Crippen LogP contribution in [0.5, 0.6) is 0 Å². The number of rotatable bonds is 5. The number of nitro benzene ring substituents is 1. The van der Waals surface area contributed by atoms with Crippen LogP contribution in [0.1, 0.15) is 31.7 Å². The highest BCUT2D eigenvalue weighted by molar-refractivity contribution is 5.71. The van der Waals surface area contributed by atoms with Crippen molar-refractivity contribution in [3.05, 3.63) is 39.9 Å². The third-order valence-electron chi connectivity index (χ3n) is 2.94. The molecule has 0 spiro atoms. The molecular formula is C12H15NO4. The molecule has 1 N–H and O–H groups in total.